The summed E-state index contributed by atoms with van der Waals surface area (Å²) in [7, 11) is 0. The molecule has 0 spiro atoms. The molecule has 0 bridgehead atoms. The van der Waals surface area contributed by atoms with Crippen molar-refractivity contribution in [2.45, 2.75) is 165 Å². The van der Waals surface area contributed by atoms with E-state index in [1.807, 2.05) is 6.92 Å². The monoisotopic (exact) mass is 1070 g/mol. The van der Waals surface area contributed by atoms with Crippen molar-refractivity contribution in [3.63, 3.8) is 0 Å². The summed E-state index contributed by atoms with van der Waals surface area (Å²) in [6.45, 7) is 14.1. The molecule has 15 atom stereocenters. The van der Waals surface area contributed by atoms with Crippen LogP contribution in [0.2, 0.25) is 0 Å². The molecule has 0 radical (unpaired) electrons. The molecule has 3 saturated heterocycles. The van der Waals surface area contributed by atoms with Gasteiger partial charge in [-0.15, -0.1) is 0 Å². The van der Waals surface area contributed by atoms with Gasteiger partial charge >= 0.3 is 5.97 Å². The predicted octanol–water partition coefficient (Wildman–Crippen LogP) is -0.725. The minimum atomic E-state index is -1.64. The van der Waals surface area contributed by atoms with E-state index in [1.165, 1.54) is 19.4 Å². The van der Waals surface area contributed by atoms with Gasteiger partial charge < -0.3 is 86.2 Å². The number of nitrogens with zero attached hydrogens (tertiary/aromatic N) is 1. The first-order valence-electron chi connectivity index (χ1n) is 25.9. The van der Waals surface area contributed by atoms with Gasteiger partial charge in [-0.3, -0.25) is 14.5 Å². The lowest BCUT2D eigenvalue weighted by Crippen LogP contribution is -2.67. The summed E-state index contributed by atoms with van der Waals surface area (Å²) in [5.74, 6) is -2.92. The average Bonchev–Trinajstić information content (AvgIpc) is 4.17. The van der Waals surface area contributed by atoms with E-state index in [4.69, 9.17) is 23.7 Å². The Balaban J connectivity index is 1.10. The molecule has 3 heterocycles. The van der Waals surface area contributed by atoms with Crippen LogP contribution in [0.1, 0.15) is 83.3 Å². The fourth-order valence-electron chi connectivity index (χ4n) is 10.1. The second-order valence-electron chi connectivity index (χ2n) is 20.0. The maximum Gasteiger partial charge on any atom is 0.332 e. The highest BCUT2D eigenvalue weighted by Crippen LogP contribution is 2.40. The Morgan fingerprint density at radius 1 is 0.873 bits per heavy atom. The number of carboxylic acids is 1. The van der Waals surface area contributed by atoms with Crippen molar-refractivity contribution >= 4 is 33.7 Å². The molecule has 5 fully saturated rings. The summed E-state index contributed by atoms with van der Waals surface area (Å²) in [5, 5.41) is 83.8. The fraction of sp³-hybridized carbons (Fsp3) is 0.816. The first-order chi connectivity index (χ1) is 34.2. The van der Waals surface area contributed by atoms with Gasteiger partial charge in [-0.2, -0.15) is 0 Å². The van der Waals surface area contributed by atoms with Crippen LogP contribution >= 0.6 is 15.9 Å². The van der Waals surface area contributed by atoms with Gasteiger partial charge in [-0.25, -0.2) is 4.79 Å². The summed E-state index contributed by atoms with van der Waals surface area (Å²) in [4.78, 5) is 41.7. The second kappa shape index (κ2) is 29.0. The lowest BCUT2D eigenvalue weighted by Gasteiger charge is -2.49. The van der Waals surface area contributed by atoms with Crippen molar-refractivity contribution in [3.05, 3.63) is 33.8 Å². The molecule has 2 aliphatic carbocycles. The third-order valence-corrected chi connectivity index (χ3v) is 15.1. The Labute approximate surface area is 426 Å². The van der Waals surface area contributed by atoms with Crippen LogP contribution in [0.3, 0.4) is 0 Å². The summed E-state index contributed by atoms with van der Waals surface area (Å²) < 4.78 is 32.2. The molecule has 2 amide bonds. The zero-order chi connectivity index (χ0) is 51.0. The minimum Gasteiger partial charge on any atom is -0.479 e. The molecule has 1 aromatic rings. The number of benzene rings is 1. The Morgan fingerprint density at radius 3 is 2.28 bits per heavy atom. The molecule has 71 heavy (non-hydrogen) atoms. The number of hydrogen-bond donors (Lipinski definition) is 12. The number of ether oxygens (including phenoxy) is 5. The van der Waals surface area contributed by atoms with Crippen LogP contribution in [0, 0.1) is 17.8 Å². The van der Waals surface area contributed by atoms with E-state index in [-0.39, 0.29) is 24.7 Å². The molecule has 5 aliphatic rings. The largest absolute Gasteiger partial charge is 0.479 e. The van der Waals surface area contributed by atoms with Crippen molar-refractivity contribution in [1.82, 2.24) is 36.8 Å². The Bertz CT molecular complexity index is 1790. The third-order valence-electron chi connectivity index (χ3n) is 14.4. The van der Waals surface area contributed by atoms with Crippen molar-refractivity contribution in [3.8, 4) is 0 Å². The summed E-state index contributed by atoms with van der Waals surface area (Å²) in [6.07, 6.45) is -11.0. The van der Waals surface area contributed by atoms with Crippen LogP contribution in [0.15, 0.2) is 22.7 Å². The van der Waals surface area contributed by atoms with E-state index in [1.54, 1.807) is 0 Å². The number of rotatable bonds is 20. The van der Waals surface area contributed by atoms with Gasteiger partial charge in [0.25, 0.3) is 0 Å². The molecular weight excluding hydrogens is 990 g/mol. The highest BCUT2D eigenvalue weighted by atomic mass is 79.9. The van der Waals surface area contributed by atoms with E-state index in [2.05, 4.69) is 70.9 Å². The van der Waals surface area contributed by atoms with Gasteiger partial charge in [0.15, 0.2) is 18.7 Å². The molecule has 404 valence electrons. The van der Waals surface area contributed by atoms with Crippen molar-refractivity contribution < 1.29 is 68.7 Å². The van der Waals surface area contributed by atoms with E-state index < -0.39 is 110 Å². The number of nitrogens with one attached hydrogen (secondary N) is 6. The van der Waals surface area contributed by atoms with Crippen molar-refractivity contribution in [2.75, 3.05) is 72.1 Å². The summed E-state index contributed by atoms with van der Waals surface area (Å²) in [6, 6.07) is 5.18. The number of aliphatic carboxylic acids is 1. The van der Waals surface area contributed by atoms with Crippen molar-refractivity contribution in [2.24, 2.45) is 17.8 Å². The zero-order valence-electron chi connectivity index (χ0n) is 41.6. The lowest BCUT2D eigenvalue weighted by atomic mass is 9.75. The number of aliphatic hydroxyl groups excluding tert-OH is 5. The summed E-state index contributed by atoms with van der Waals surface area (Å²) in [5.41, 5.74) is 2.31. The number of carbonyl (C=O) groups excluding carboxylic acids is 2. The Kier molecular flexibility index (Phi) is 23.6. The molecule has 1 aromatic carbocycles. The Morgan fingerprint density at radius 2 is 1.61 bits per heavy atom. The quantitative estimate of drug-likeness (QED) is 0.0718. The highest BCUT2D eigenvalue weighted by Gasteiger charge is 2.53. The lowest BCUT2D eigenvalue weighted by molar-refractivity contribution is -0.338. The van der Waals surface area contributed by atoms with Crippen molar-refractivity contribution in [1.29, 1.82) is 0 Å². The van der Waals surface area contributed by atoms with Gasteiger partial charge in [0, 0.05) is 69.7 Å². The van der Waals surface area contributed by atoms with Crippen LogP contribution in [0.25, 0.3) is 0 Å². The standard InChI is InChI=1S/C49H82BrN7O14/c1-4-32-23-34(46(64)55-17-16-54-25-33-10-9-31(21-35(33)50)26-57-19-6-13-52-15-14-51-11-5-12-53-18-20-57)24-36(44(32)71-49-43(63)42(62)40(60)28(2)67-49)69-48-39(56-29(3)59)45(41(61)38(27-58)70-48)68-37(47(65)66)22-30-7-8-30/h9-10,21,28,30,32,34,36-45,48-49,51-54,58,60-63H,4-8,11-20,22-27H2,1-3H3,(H,55,64)(H,56,59)(H,65,66)/t28?,32?,34?,36?,37-,38?,39?,40?,41?,42?,43?,44?,45?,48?,49?/m0/s1. The Hall–Kier alpha value is -2.49. The minimum absolute atomic E-state index is 0.0514. The number of amides is 2. The fourth-order valence-corrected chi connectivity index (χ4v) is 10.6. The first kappa shape index (κ1) is 57.8. The molecule has 22 heteroatoms. The molecule has 6 rings (SSSR count). The first-order valence-corrected chi connectivity index (χ1v) is 26.7. The van der Waals surface area contributed by atoms with E-state index in [0.717, 1.165) is 94.6 Å². The number of halogens is 1. The molecule has 14 unspecified atom stereocenters. The molecule has 2 saturated carbocycles. The molecule has 3 aliphatic heterocycles. The van der Waals surface area contributed by atoms with Crippen LogP contribution in [0.4, 0.5) is 0 Å². The van der Waals surface area contributed by atoms with Crippen LogP contribution in [-0.4, -0.2) is 205 Å². The van der Waals surface area contributed by atoms with Gasteiger partial charge in [-0.1, -0.05) is 54.2 Å². The maximum atomic E-state index is 14.1. The topological polar surface area (TPSA) is 294 Å². The number of aliphatic hydroxyl groups is 5. The molecule has 21 nitrogen and oxygen atoms in total. The van der Waals surface area contributed by atoms with Gasteiger partial charge in [0.1, 0.15) is 42.7 Å². The SMILES string of the molecule is CCC1CC(C(=O)NCCNCc2ccc(CN3CCCNCCNCCCNCC3)cc2Br)CC(OC2OC(CO)C(O)C(O[C@@H](CC3CC3)C(=O)O)C2NC(C)=O)C1OC1OC(C)C(O)C(O)C1O. The van der Waals surface area contributed by atoms with Crippen LogP contribution < -0.4 is 31.9 Å². The second-order valence-corrected chi connectivity index (χ2v) is 20.8. The number of carboxylic acid groups (broad SMARTS) is 1. The van der Waals surface area contributed by atoms with E-state index in [9.17, 15) is 45.0 Å². The normalized spacial score (nSPS) is 34.4. The van der Waals surface area contributed by atoms with Gasteiger partial charge in [0.05, 0.1) is 24.9 Å². The average molecular weight is 1070 g/mol. The van der Waals surface area contributed by atoms with E-state index >= 15 is 0 Å². The summed E-state index contributed by atoms with van der Waals surface area (Å²) >= 11 is 3.79. The predicted molar refractivity (Wildman–Crippen MR) is 264 cm³/mol. The van der Waals surface area contributed by atoms with Crippen LogP contribution in [0.5, 0.6) is 0 Å². The van der Waals surface area contributed by atoms with Gasteiger partial charge in [0.2, 0.25) is 11.8 Å². The molecule has 0 aromatic heterocycles. The van der Waals surface area contributed by atoms with Crippen LogP contribution in [-0.2, 0) is 51.2 Å². The zero-order valence-corrected chi connectivity index (χ0v) is 43.2. The maximum absolute atomic E-state index is 14.1. The van der Waals surface area contributed by atoms with Gasteiger partial charge in [-0.05, 0) is 94.2 Å². The highest BCUT2D eigenvalue weighted by molar-refractivity contribution is 9.10. The number of carbonyl (C=O) groups is 3. The third kappa shape index (κ3) is 17.3. The smallest absolute Gasteiger partial charge is 0.332 e. The molecule has 12 N–H and O–H groups in total. The molecular formula is C49H82BrN7O14. The number of hydrogen-bond acceptors (Lipinski definition) is 18. The van der Waals surface area contributed by atoms with E-state index in [0.29, 0.717) is 32.5 Å².